The van der Waals surface area contributed by atoms with Gasteiger partial charge in [0.1, 0.15) is 0 Å². The average Bonchev–Trinajstić information content (AvgIpc) is 3.14. The van der Waals surface area contributed by atoms with Gasteiger partial charge >= 0.3 is 0 Å². The van der Waals surface area contributed by atoms with Crippen LogP contribution in [0.25, 0.3) is 0 Å². The van der Waals surface area contributed by atoms with Gasteiger partial charge < -0.3 is 15.1 Å². The number of halogens is 1. The van der Waals surface area contributed by atoms with Crippen LogP contribution in [0.4, 0.5) is 0 Å². The molecule has 2 heterocycles. The SMILES string of the molecule is CC(C)C(=O)N[C@@H](CCN1CCC2(CC1)CCN(Cc1ccc(Br)cc1)C2=O)c1ccccc1. The van der Waals surface area contributed by atoms with Gasteiger partial charge in [0.2, 0.25) is 11.8 Å². The monoisotopic (exact) mass is 525 g/mol. The van der Waals surface area contributed by atoms with E-state index in [4.69, 9.17) is 0 Å². The lowest BCUT2D eigenvalue weighted by Crippen LogP contribution is -2.45. The zero-order valence-corrected chi connectivity index (χ0v) is 21.9. The lowest BCUT2D eigenvalue weighted by atomic mass is 9.77. The number of amides is 2. The third-order valence-electron chi connectivity index (χ3n) is 7.48. The standard InChI is InChI=1S/C28H36BrN3O2/c1-21(2)26(33)30-25(23-6-4-3-5-7-23)12-16-31-17-13-28(14-18-31)15-19-32(27(28)34)20-22-8-10-24(29)11-9-22/h3-11,21,25H,12-20H2,1-2H3,(H,30,33)/t25-/m0/s1. The molecule has 1 spiro atoms. The van der Waals surface area contributed by atoms with Crippen molar-refractivity contribution < 1.29 is 9.59 Å². The van der Waals surface area contributed by atoms with Crippen molar-refractivity contribution in [3.8, 4) is 0 Å². The Morgan fingerprint density at radius 2 is 1.65 bits per heavy atom. The van der Waals surface area contributed by atoms with E-state index in [1.807, 2.05) is 49.1 Å². The van der Waals surface area contributed by atoms with Crippen LogP contribution in [0.3, 0.4) is 0 Å². The van der Waals surface area contributed by atoms with E-state index in [0.717, 1.165) is 61.9 Å². The predicted molar refractivity (Wildman–Crippen MR) is 139 cm³/mol. The topological polar surface area (TPSA) is 52.7 Å². The molecule has 2 aliphatic rings. The summed E-state index contributed by atoms with van der Waals surface area (Å²) in [6.07, 6.45) is 3.69. The highest BCUT2D eigenvalue weighted by Crippen LogP contribution is 2.42. The first-order valence-corrected chi connectivity index (χ1v) is 13.3. The molecule has 0 bridgehead atoms. The van der Waals surface area contributed by atoms with Crippen molar-refractivity contribution in [2.75, 3.05) is 26.2 Å². The Kier molecular flexibility index (Phi) is 8.10. The van der Waals surface area contributed by atoms with Crippen molar-refractivity contribution in [3.05, 3.63) is 70.2 Å². The summed E-state index contributed by atoms with van der Waals surface area (Å²) in [4.78, 5) is 30.3. The van der Waals surface area contributed by atoms with Gasteiger partial charge in [0.25, 0.3) is 0 Å². The first-order valence-electron chi connectivity index (χ1n) is 12.5. The number of piperidine rings is 1. The summed E-state index contributed by atoms with van der Waals surface area (Å²) in [7, 11) is 0. The van der Waals surface area contributed by atoms with E-state index >= 15 is 0 Å². The van der Waals surface area contributed by atoms with Crippen molar-refractivity contribution in [1.29, 1.82) is 0 Å². The van der Waals surface area contributed by atoms with Gasteiger partial charge in [-0.1, -0.05) is 72.2 Å². The van der Waals surface area contributed by atoms with Crippen LogP contribution in [0.2, 0.25) is 0 Å². The highest BCUT2D eigenvalue weighted by atomic mass is 79.9. The minimum Gasteiger partial charge on any atom is -0.349 e. The Bertz CT molecular complexity index is 969. The Balaban J connectivity index is 1.31. The zero-order valence-electron chi connectivity index (χ0n) is 20.3. The fourth-order valence-electron chi connectivity index (χ4n) is 5.18. The smallest absolute Gasteiger partial charge is 0.229 e. The zero-order chi connectivity index (χ0) is 24.1. The lowest BCUT2D eigenvalue weighted by Gasteiger charge is -2.38. The summed E-state index contributed by atoms with van der Waals surface area (Å²) in [6.45, 7) is 8.22. The summed E-state index contributed by atoms with van der Waals surface area (Å²) < 4.78 is 1.06. The highest BCUT2D eigenvalue weighted by molar-refractivity contribution is 9.10. The minimum absolute atomic E-state index is 0.0153. The van der Waals surface area contributed by atoms with Gasteiger partial charge in [-0.15, -0.1) is 0 Å². The molecule has 0 radical (unpaired) electrons. The molecule has 2 aliphatic heterocycles. The quantitative estimate of drug-likeness (QED) is 0.517. The number of hydrogen-bond acceptors (Lipinski definition) is 3. The predicted octanol–water partition coefficient (Wildman–Crippen LogP) is 5.17. The molecule has 6 heteroatoms. The summed E-state index contributed by atoms with van der Waals surface area (Å²) in [6, 6.07) is 18.5. The van der Waals surface area contributed by atoms with Crippen LogP contribution in [0.5, 0.6) is 0 Å². The molecule has 5 nitrogen and oxygen atoms in total. The second-order valence-corrected chi connectivity index (χ2v) is 11.1. The Morgan fingerprint density at radius 3 is 2.29 bits per heavy atom. The van der Waals surface area contributed by atoms with Gasteiger partial charge in [-0.3, -0.25) is 9.59 Å². The lowest BCUT2D eigenvalue weighted by molar-refractivity contribution is -0.139. The largest absolute Gasteiger partial charge is 0.349 e. The fraction of sp³-hybridized carbons (Fsp3) is 0.500. The maximum absolute atomic E-state index is 13.3. The molecule has 0 aromatic heterocycles. The van der Waals surface area contributed by atoms with Gasteiger partial charge in [0.05, 0.1) is 11.5 Å². The van der Waals surface area contributed by atoms with E-state index < -0.39 is 0 Å². The normalized spacial score (nSPS) is 19.1. The van der Waals surface area contributed by atoms with Crippen LogP contribution in [-0.4, -0.2) is 47.8 Å². The molecule has 182 valence electrons. The second-order valence-electron chi connectivity index (χ2n) is 10.1. The maximum Gasteiger partial charge on any atom is 0.229 e. The minimum atomic E-state index is -0.184. The molecule has 0 saturated carbocycles. The summed E-state index contributed by atoms with van der Waals surface area (Å²) in [5.41, 5.74) is 2.15. The van der Waals surface area contributed by atoms with Gasteiger partial charge in [-0.2, -0.15) is 0 Å². The molecule has 4 rings (SSSR count). The maximum atomic E-state index is 13.3. The van der Waals surface area contributed by atoms with Crippen molar-refractivity contribution in [3.63, 3.8) is 0 Å². The van der Waals surface area contributed by atoms with Gasteiger partial charge in [-0.05, 0) is 62.0 Å². The molecule has 2 aromatic carbocycles. The molecular formula is C28H36BrN3O2. The first-order chi connectivity index (χ1) is 16.4. The Labute approximate surface area is 212 Å². The summed E-state index contributed by atoms with van der Waals surface area (Å²) >= 11 is 3.48. The Hall–Kier alpha value is -2.18. The van der Waals surface area contributed by atoms with Crippen LogP contribution in [-0.2, 0) is 16.1 Å². The van der Waals surface area contributed by atoms with Gasteiger partial charge in [-0.25, -0.2) is 0 Å². The van der Waals surface area contributed by atoms with Crippen molar-refractivity contribution >= 4 is 27.7 Å². The molecule has 2 aromatic rings. The van der Waals surface area contributed by atoms with Crippen LogP contribution in [0.15, 0.2) is 59.1 Å². The molecule has 2 saturated heterocycles. The summed E-state index contributed by atoms with van der Waals surface area (Å²) in [5, 5.41) is 3.23. The van der Waals surface area contributed by atoms with Crippen LogP contribution in [0, 0.1) is 11.3 Å². The van der Waals surface area contributed by atoms with E-state index in [9.17, 15) is 9.59 Å². The van der Waals surface area contributed by atoms with Crippen LogP contribution < -0.4 is 5.32 Å². The first kappa shape index (κ1) is 24.9. The number of rotatable bonds is 8. The third kappa shape index (κ3) is 5.89. The third-order valence-corrected chi connectivity index (χ3v) is 8.01. The highest BCUT2D eigenvalue weighted by Gasteiger charge is 2.47. The van der Waals surface area contributed by atoms with E-state index in [1.54, 1.807) is 0 Å². The molecule has 2 fully saturated rings. The molecule has 34 heavy (non-hydrogen) atoms. The van der Waals surface area contributed by atoms with Crippen LogP contribution in [0.1, 0.15) is 56.7 Å². The molecular weight excluding hydrogens is 490 g/mol. The van der Waals surface area contributed by atoms with Gasteiger partial charge in [0.15, 0.2) is 0 Å². The fourth-order valence-corrected chi connectivity index (χ4v) is 5.44. The van der Waals surface area contributed by atoms with Crippen LogP contribution >= 0.6 is 15.9 Å². The van der Waals surface area contributed by atoms with E-state index in [-0.39, 0.29) is 23.3 Å². The number of carbonyl (C=O) groups excluding carboxylic acids is 2. The number of benzene rings is 2. The molecule has 1 N–H and O–H groups in total. The number of hydrogen-bond donors (Lipinski definition) is 1. The summed E-state index contributed by atoms with van der Waals surface area (Å²) in [5.74, 6) is 0.394. The van der Waals surface area contributed by atoms with Crippen molar-refractivity contribution in [2.45, 2.75) is 52.1 Å². The van der Waals surface area contributed by atoms with E-state index in [0.29, 0.717) is 12.5 Å². The average molecular weight is 527 g/mol. The Morgan fingerprint density at radius 1 is 1.00 bits per heavy atom. The number of nitrogens with zero attached hydrogens (tertiary/aromatic N) is 2. The second kappa shape index (κ2) is 11.0. The van der Waals surface area contributed by atoms with Crippen molar-refractivity contribution in [2.24, 2.45) is 11.3 Å². The van der Waals surface area contributed by atoms with Crippen molar-refractivity contribution in [1.82, 2.24) is 15.1 Å². The molecule has 1 atom stereocenters. The number of likely N-dealkylation sites (tertiary alicyclic amines) is 2. The number of carbonyl (C=O) groups is 2. The molecule has 0 aliphatic carbocycles. The molecule has 2 amide bonds. The van der Waals surface area contributed by atoms with E-state index in [2.05, 4.69) is 50.4 Å². The number of nitrogens with one attached hydrogen (secondary N) is 1. The van der Waals surface area contributed by atoms with Gasteiger partial charge in [0, 0.05) is 30.0 Å². The molecule has 0 unspecified atom stereocenters. The van der Waals surface area contributed by atoms with E-state index in [1.165, 1.54) is 5.56 Å².